The molecular formula is C12H20N4O2. The molecule has 0 unspecified atom stereocenters. The van der Waals surface area contributed by atoms with Gasteiger partial charge in [0.05, 0.1) is 10.6 Å². The summed E-state index contributed by atoms with van der Waals surface area (Å²) in [5.74, 6) is 5.96. The summed E-state index contributed by atoms with van der Waals surface area (Å²) >= 11 is 0. The minimum absolute atomic E-state index is 0.0851. The van der Waals surface area contributed by atoms with Crippen LogP contribution in [0.3, 0.4) is 0 Å². The molecule has 0 radical (unpaired) electrons. The van der Waals surface area contributed by atoms with E-state index in [1.807, 2.05) is 7.05 Å². The molecule has 6 nitrogen and oxygen atoms in total. The van der Waals surface area contributed by atoms with Gasteiger partial charge in [0, 0.05) is 25.2 Å². The van der Waals surface area contributed by atoms with Crippen molar-refractivity contribution >= 4 is 11.4 Å². The molecule has 0 spiro atoms. The molecule has 0 aliphatic carbocycles. The lowest BCUT2D eigenvalue weighted by molar-refractivity contribution is -0.384. The molecule has 0 saturated carbocycles. The maximum absolute atomic E-state index is 10.8. The number of non-ortho nitro benzene ring substituents is 1. The summed E-state index contributed by atoms with van der Waals surface area (Å²) in [5, 5.41) is 10.8. The minimum atomic E-state index is -0.397. The zero-order chi connectivity index (χ0) is 13.7. The molecule has 1 aromatic carbocycles. The normalized spacial score (nSPS) is 11.0. The molecule has 0 heterocycles. The Morgan fingerprint density at radius 3 is 2.67 bits per heavy atom. The van der Waals surface area contributed by atoms with E-state index in [4.69, 9.17) is 5.84 Å². The summed E-state index contributed by atoms with van der Waals surface area (Å²) in [4.78, 5) is 12.5. The van der Waals surface area contributed by atoms with Crippen molar-refractivity contribution in [2.24, 2.45) is 11.8 Å². The number of hydrogen-bond donors (Lipinski definition) is 2. The van der Waals surface area contributed by atoms with Crippen LogP contribution in [0.2, 0.25) is 0 Å². The number of hydrogen-bond acceptors (Lipinski definition) is 5. The van der Waals surface area contributed by atoms with Gasteiger partial charge in [0.2, 0.25) is 0 Å². The van der Waals surface area contributed by atoms with Crippen molar-refractivity contribution in [1.82, 2.24) is 4.90 Å². The van der Waals surface area contributed by atoms with Gasteiger partial charge in [0.15, 0.2) is 0 Å². The van der Waals surface area contributed by atoms with Gasteiger partial charge < -0.3 is 10.3 Å². The van der Waals surface area contributed by atoms with E-state index >= 15 is 0 Å². The van der Waals surface area contributed by atoms with Crippen LogP contribution in [0.15, 0.2) is 18.2 Å². The van der Waals surface area contributed by atoms with Crippen molar-refractivity contribution in [3.05, 3.63) is 33.9 Å². The molecule has 0 aliphatic heterocycles. The molecule has 18 heavy (non-hydrogen) atoms. The number of nitro benzene ring substituents is 1. The number of benzene rings is 1. The molecule has 0 amide bonds. The van der Waals surface area contributed by atoms with Gasteiger partial charge in [-0.1, -0.05) is 13.8 Å². The predicted octanol–water partition coefficient (Wildman–Crippen LogP) is 1.97. The topological polar surface area (TPSA) is 84.4 Å². The van der Waals surface area contributed by atoms with E-state index in [2.05, 4.69) is 24.2 Å². The Morgan fingerprint density at radius 1 is 1.50 bits per heavy atom. The quantitative estimate of drug-likeness (QED) is 0.459. The van der Waals surface area contributed by atoms with Gasteiger partial charge in [-0.2, -0.15) is 0 Å². The van der Waals surface area contributed by atoms with E-state index in [9.17, 15) is 10.1 Å². The Kier molecular flexibility index (Phi) is 5.06. The first-order valence-electron chi connectivity index (χ1n) is 5.86. The largest absolute Gasteiger partial charge is 0.324 e. The van der Waals surface area contributed by atoms with Crippen LogP contribution in [-0.4, -0.2) is 23.4 Å². The second-order valence-corrected chi connectivity index (χ2v) is 4.83. The third-order valence-electron chi connectivity index (χ3n) is 2.57. The van der Waals surface area contributed by atoms with Crippen LogP contribution in [0.4, 0.5) is 11.4 Å². The van der Waals surface area contributed by atoms with Crippen LogP contribution in [0.1, 0.15) is 19.4 Å². The second kappa shape index (κ2) is 6.32. The van der Waals surface area contributed by atoms with Gasteiger partial charge in [0.25, 0.3) is 5.69 Å². The van der Waals surface area contributed by atoms with Crippen LogP contribution < -0.4 is 11.3 Å². The summed E-state index contributed by atoms with van der Waals surface area (Å²) in [6.45, 7) is 5.81. The number of rotatable bonds is 6. The number of nitrogen functional groups attached to an aromatic ring is 1. The standard InChI is InChI=1S/C12H20N4O2/c1-9(2)7-15(3)8-10-6-11(16(17)18)4-5-12(10)14-13/h4-6,9,14H,7-8,13H2,1-3H3. The molecular weight excluding hydrogens is 232 g/mol. The summed E-state index contributed by atoms with van der Waals surface area (Å²) < 4.78 is 0. The fourth-order valence-electron chi connectivity index (χ4n) is 1.94. The molecule has 6 heteroatoms. The first-order valence-corrected chi connectivity index (χ1v) is 5.86. The van der Waals surface area contributed by atoms with Gasteiger partial charge >= 0.3 is 0 Å². The molecule has 0 atom stereocenters. The first-order chi connectivity index (χ1) is 8.43. The van der Waals surface area contributed by atoms with Crippen molar-refractivity contribution < 1.29 is 4.92 Å². The monoisotopic (exact) mass is 252 g/mol. The third kappa shape index (κ3) is 3.97. The zero-order valence-electron chi connectivity index (χ0n) is 11.0. The zero-order valence-corrected chi connectivity index (χ0v) is 11.0. The highest BCUT2D eigenvalue weighted by atomic mass is 16.6. The van der Waals surface area contributed by atoms with E-state index in [-0.39, 0.29) is 5.69 Å². The first kappa shape index (κ1) is 14.4. The van der Waals surface area contributed by atoms with Gasteiger partial charge in [-0.3, -0.25) is 16.0 Å². The number of nitro groups is 1. The summed E-state index contributed by atoms with van der Waals surface area (Å²) in [7, 11) is 1.99. The third-order valence-corrected chi connectivity index (χ3v) is 2.57. The lowest BCUT2D eigenvalue weighted by atomic mass is 10.1. The van der Waals surface area contributed by atoms with E-state index in [1.165, 1.54) is 6.07 Å². The van der Waals surface area contributed by atoms with Crippen molar-refractivity contribution in [3.8, 4) is 0 Å². The lowest BCUT2D eigenvalue weighted by Crippen LogP contribution is -2.23. The molecule has 0 saturated heterocycles. The fraction of sp³-hybridized carbons (Fsp3) is 0.500. The Labute approximate surface area is 107 Å². The van der Waals surface area contributed by atoms with Crippen LogP contribution in [0.5, 0.6) is 0 Å². The van der Waals surface area contributed by atoms with E-state index in [1.54, 1.807) is 12.1 Å². The summed E-state index contributed by atoms with van der Waals surface area (Å²) in [6.07, 6.45) is 0. The molecule has 100 valence electrons. The molecule has 0 aliphatic rings. The average Bonchev–Trinajstić information content (AvgIpc) is 2.27. The second-order valence-electron chi connectivity index (χ2n) is 4.83. The Balaban J connectivity index is 2.90. The van der Waals surface area contributed by atoms with E-state index in [0.717, 1.165) is 17.8 Å². The molecule has 1 rings (SSSR count). The lowest BCUT2D eigenvalue weighted by Gasteiger charge is -2.20. The van der Waals surface area contributed by atoms with E-state index in [0.29, 0.717) is 12.5 Å². The Hall–Kier alpha value is -1.66. The van der Waals surface area contributed by atoms with Gasteiger partial charge in [-0.15, -0.1) is 0 Å². The average molecular weight is 252 g/mol. The number of anilines is 1. The van der Waals surface area contributed by atoms with Crippen LogP contribution in [-0.2, 0) is 6.54 Å². The summed E-state index contributed by atoms with van der Waals surface area (Å²) in [6, 6.07) is 4.64. The molecule has 3 N–H and O–H groups in total. The highest BCUT2D eigenvalue weighted by Crippen LogP contribution is 2.22. The number of nitrogens with one attached hydrogen (secondary N) is 1. The van der Waals surface area contributed by atoms with Crippen LogP contribution >= 0.6 is 0 Å². The number of nitrogens with two attached hydrogens (primary N) is 1. The minimum Gasteiger partial charge on any atom is -0.324 e. The van der Waals surface area contributed by atoms with Crippen molar-refractivity contribution in [1.29, 1.82) is 0 Å². The van der Waals surface area contributed by atoms with E-state index < -0.39 is 4.92 Å². The predicted molar refractivity (Wildman–Crippen MR) is 72.1 cm³/mol. The van der Waals surface area contributed by atoms with Crippen LogP contribution in [0.25, 0.3) is 0 Å². The fourth-order valence-corrected chi connectivity index (χ4v) is 1.94. The van der Waals surface area contributed by atoms with Crippen molar-refractivity contribution in [2.75, 3.05) is 19.0 Å². The maximum Gasteiger partial charge on any atom is 0.269 e. The number of hydrazine groups is 1. The van der Waals surface area contributed by atoms with Crippen molar-refractivity contribution in [3.63, 3.8) is 0 Å². The van der Waals surface area contributed by atoms with Gasteiger partial charge in [0.1, 0.15) is 0 Å². The Morgan fingerprint density at radius 2 is 2.17 bits per heavy atom. The molecule has 0 bridgehead atoms. The molecule has 0 fully saturated rings. The smallest absolute Gasteiger partial charge is 0.269 e. The highest BCUT2D eigenvalue weighted by Gasteiger charge is 2.12. The van der Waals surface area contributed by atoms with Crippen LogP contribution in [0, 0.1) is 16.0 Å². The van der Waals surface area contributed by atoms with Gasteiger partial charge in [-0.05, 0) is 24.6 Å². The summed E-state index contributed by atoms with van der Waals surface area (Å²) in [5.41, 5.74) is 4.20. The molecule has 0 aromatic heterocycles. The van der Waals surface area contributed by atoms with Gasteiger partial charge in [-0.25, -0.2) is 0 Å². The Bertz CT molecular complexity index is 421. The number of nitrogens with zero attached hydrogens (tertiary/aromatic N) is 2. The maximum atomic E-state index is 10.8. The SMILES string of the molecule is CC(C)CN(C)Cc1cc([N+](=O)[O-])ccc1NN. The highest BCUT2D eigenvalue weighted by molar-refractivity contribution is 5.55. The van der Waals surface area contributed by atoms with Crippen molar-refractivity contribution in [2.45, 2.75) is 20.4 Å². The molecule has 1 aromatic rings.